The van der Waals surface area contributed by atoms with Crippen molar-refractivity contribution in [2.45, 2.75) is 26.5 Å². The highest BCUT2D eigenvalue weighted by molar-refractivity contribution is 7.95. The van der Waals surface area contributed by atoms with Crippen LogP contribution in [0.25, 0.3) is 27.2 Å². The number of carbonyl (C=O) groups is 1. The number of aromatic amines is 1. The molecule has 1 aromatic heterocycles. The Morgan fingerprint density at radius 3 is 2.10 bits per heavy atom. The molecule has 0 saturated heterocycles. The van der Waals surface area contributed by atoms with Gasteiger partial charge in [0.15, 0.2) is 11.4 Å². The van der Waals surface area contributed by atoms with Crippen molar-refractivity contribution in [3.63, 3.8) is 0 Å². The molecule has 0 fully saturated rings. The van der Waals surface area contributed by atoms with Crippen molar-refractivity contribution in [3.8, 4) is 17.2 Å². The van der Waals surface area contributed by atoms with Gasteiger partial charge in [0.2, 0.25) is 0 Å². The number of anilines is 2. The van der Waals surface area contributed by atoms with Gasteiger partial charge >= 0.3 is 5.97 Å². The highest BCUT2D eigenvalue weighted by Gasteiger charge is 2.24. The number of carboxylic acid groups (broad SMARTS) is 1. The molecular formula is C38H30N8O17S4. The lowest BCUT2D eigenvalue weighted by Crippen LogP contribution is -2.14. The molecule has 1 heterocycles. The Labute approximate surface area is 383 Å². The monoisotopic (exact) mass is 998 g/mol. The number of benzene rings is 6. The number of carboxylic acids is 1. The zero-order valence-corrected chi connectivity index (χ0v) is 37.0. The number of ether oxygens (including phenoxy) is 1. The Morgan fingerprint density at radius 1 is 0.761 bits per heavy atom. The van der Waals surface area contributed by atoms with Gasteiger partial charge in [-0.3, -0.25) is 29.9 Å². The van der Waals surface area contributed by atoms with Gasteiger partial charge in [0.05, 0.1) is 63.7 Å². The van der Waals surface area contributed by atoms with Crippen molar-refractivity contribution in [3.05, 3.63) is 113 Å². The summed E-state index contributed by atoms with van der Waals surface area (Å²) < 4.78 is 83.0. The number of aromatic hydroxyl groups is 1. The fourth-order valence-corrected chi connectivity index (χ4v) is 8.76. The molecule has 25 nitrogen and oxygen atoms in total. The fraction of sp³-hybridized carbons (Fsp3) is 0.0526. The number of aryl methyl sites for hydroxylation is 1. The van der Waals surface area contributed by atoms with E-state index in [1.54, 1.807) is 19.1 Å². The van der Waals surface area contributed by atoms with E-state index in [0.29, 0.717) is 51.0 Å². The van der Waals surface area contributed by atoms with E-state index >= 15 is 0 Å². The lowest BCUT2D eigenvalue weighted by atomic mass is 10.1. The first-order valence-electron chi connectivity index (χ1n) is 18.3. The summed E-state index contributed by atoms with van der Waals surface area (Å²) in [6, 6.07) is 20.4. The number of H-pyrrole nitrogens is 1. The Bertz CT molecular complexity index is 3420. The van der Waals surface area contributed by atoms with Gasteiger partial charge in [-0.25, -0.2) is 20.0 Å². The first-order chi connectivity index (χ1) is 31.9. The van der Waals surface area contributed by atoms with Gasteiger partial charge in [-0.2, -0.15) is 27.1 Å². The zero-order chi connectivity index (χ0) is 48.2. The second-order valence-corrected chi connectivity index (χ2v) is 17.7. The van der Waals surface area contributed by atoms with Gasteiger partial charge in [-0.15, -0.1) is 18.9 Å². The van der Waals surface area contributed by atoms with Crippen LogP contribution in [0.5, 0.6) is 11.5 Å². The normalized spacial score (nSPS) is 12.1. The summed E-state index contributed by atoms with van der Waals surface area (Å²) in [5, 5.41) is 65.8. The van der Waals surface area contributed by atoms with Gasteiger partial charge < -0.3 is 14.9 Å². The second kappa shape index (κ2) is 19.8. The number of azo groups is 2. The van der Waals surface area contributed by atoms with Crippen LogP contribution in [-0.2, 0) is 39.0 Å². The molecule has 29 heteroatoms. The third-order valence-corrected chi connectivity index (χ3v) is 12.5. The van der Waals surface area contributed by atoms with E-state index in [9.17, 15) is 45.7 Å². The lowest BCUT2D eigenvalue weighted by molar-refractivity contribution is -0.432. The van der Waals surface area contributed by atoms with Crippen LogP contribution in [0, 0.1) is 6.92 Å². The molecule has 0 unspecified atom stereocenters. The molecule has 0 saturated carbocycles. The fourth-order valence-electron chi connectivity index (χ4n) is 6.43. The zero-order valence-electron chi connectivity index (χ0n) is 33.7. The minimum atomic E-state index is -4.86. The van der Waals surface area contributed by atoms with Gasteiger partial charge in [-0.05, 0) is 90.0 Å². The number of fused-ring (bicyclic) bond motifs is 2. The number of rotatable bonds is 18. The van der Waals surface area contributed by atoms with Gasteiger partial charge in [0.25, 0.3) is 25.8 Å². The quantitative estimate of drug-likeness (QED) is 0.00967. The number of phenolic OH excluding ortho intramolecular Hbond substituents is 1. The van der Waals surface area contributed by atoms with Crippen molar-refractivity contribution in [2.24, 2.45) is 20.5 Å². The van der Waals surface area contributed by atoms with Crippen molar-refractivity contribution >= 4 is 106 Å². The maximum absolute atomic E-state index is 13.3. The van der Waals surface area contributed by atoms with Crippen LogP contribution in [0.15, 0.2) is 136 Å². The molecule has 0 radical (unpaired) electrons. The summed E-state index contributed by atoms with van der Waals surface area (Å²) in [4.78, 5) is 24.8. The second-order valence-electron chi connectivity index (χ2n) is 13.4. The molecule has 0 bridgehead atoms. The molecule has 6 aromatic carbocycles. The Kier molecular flexibility index (Phi) is 14.2. The average molecular weight is 999 g/mol. The number of nitrogens with zero attached hydrogens (tertiary/aromatic N) is 5. The van der Waals surface area contributed by atoms with Gasteiger partial charge in [0, 0.05) is 21.7 Å². The molecule has 67 heavy (non-hydrogen) atoms. The molecule has 0 aliphatic carbocycles. The number of aromatic carboxylic acids is 1. The van der Waals surface area contributed by atoms with E-state index < -0.39 is 52.9 Å². The van der Waals surface area contributed by atoms with Crippen LogP contribution < -0.4 is 21.1 Å². The standard InChI is InChI=1S/C38H30N8O17S4/c1-18-14-28(29(59-2)17-27(18)41-40-26-13-12-24-25(36(26)67(56,57)58)4-3-5-30(24)64-62-60-51)42-43-32-31(65-63-61-52)16-19-15-20(6-11-23(19)35(32)47)39-44-33-34(38(49)50)45-46(37(33)48)21-7-9-22(10-8-21)66(53,54)55/h3-17,42-43,45,47,51-52H,1-2H3,(H,49,50)(H,53,54,55)(H,56,57,58). The SMILES string of the molecule is COc1cc(N=Nc2ccc3c(SOOO)cccc3c2S(=O)(=O)O)c(C)cc1NNc1c(SOOO)cc2cc(N=Nc3c(C(=O)O)[nH]n(-c4ccc(S(=O)(=O)O)cc4)c3=O)ccc2c1O. The van der Waals surface area contributed by atoms with E-state index in [1.165, 1.54) is 61.7 Å². The van der Waals surface area contributed by atoms with Crippen LogP contribution in [0.3, 0.4) is 0 Å². The van der Waals surface area contributed by atoms with E-state index in [0.717, 1.165) is 28.9 Å². The first kappa shape index (κ1) is 47.9. The molecule has 348 valence electrons. The van der Waals surface area contributed by atoms with E-state index in [-0.39, 0.29) is 55.6 Å². The lowest BCUT2D eigenvalue weighted by Gasteiger charge is -2.18. The molecule has 9 N–H and O–H groups in total. The third-order valence-electron chi connectivity index (χ3n) is 9.42. The summed E-state index contributed by atoms with van der Waals surface area (Å²) in [5.74, 6) is -1.74. The van der Waals surface area contributed by atoms with Crippen molar-refractivity contribution in [2.75, 3.05) is 18.0 Å². The van der Waals surface area contributed by atoms with Crippen LogP contribution in [-0.4, -0.2) is 69.5 Å². The van der Waals surface area contributed by atoms with E-state index in [2.05, 4.69) is 55.2 Å². The molecule has 0 amide bonds. The topological polar surface area (TPSA) is 364 Å². The Hall–Kier alpha value is -7.00. The first-order valence-corrected chi connectivity index (χ1v) is 22.6. The maximum Gasteiger partial charge on any atom is 0.356 e. The predicted molar refractivity (Wildman–Crippen MR) is 237 cm³/mol. The number of methoxy groups -OCH3 is 1. The third kappa shape index (κ3) is 10.4. The van der Waals surface area contributed by atoms with Crippen molar-refractivity contribution in [1.82, 2.24) is 9.78 Å². The molecular weight excluding hydrogens is 969 g/mol. The number of phenols is 1. The number of hydrazine groups is 1. The average Bonchev–Trinajstić information content (AvgIpc) is 3.63. The van der Waals surface area contributed by atoms with Gasteiger partial charge in [0.1, 0.15) is 27.8 Å². The highest BCUT2D eigenvalue weighted by atomic mass is 32.2. The molecule has 0 atom stereocenters. The number of aromatic nitrogens is 2. The van der Waals surface area contributed by atoms with Gasteiger partial charge in [-0.1, -0.05) is 28.3 Å². The summed E-state index contributed by atoms with van der Waals surface area (Å²) in [6.07, 6.45) is 0. The summed E-state index contributed by atoms with van der Waals surface area (Å²) in [7, 11) is -8.05. The number of hydrogen-bond acceptors (Lipinski definition) is 22. The van der Waals surface area contributed by atoms with E-state index in [1.807, 2.05) is 0 Å². The maximum atomic E-state index is 13.3. The molecule has 0 spiro atoms. The Balaban J connectivity index is 1.16. The van der Waals surface area contributed by atoms with Crippen LogP contribution in [0.1, 0.15) is 16.1 Å². The largest absolute Gasteiger partial charge is 0.505 e. The molecule has 0 aliphatic rings. The smallest absolute Gasteiger partial charge is 0.356 e. The minimum absolute atomic E-state index is 0.00189. The summed E-state index contributed by atoms with van der Waals surface area (Å²) >= 11 is 1.07. The predicted octanol–water partition coefficient (Wildman–Crippen LogP) is 8.81. The molecule has 0 aliphatic heterocycles. The number of nitrogens with one attached hydrogen (secondary N) is 3. The van der Waals surface area contributed by atoms with Crippen LogP contribution in [0.4, 0.5) is 34.1 Å². The van der Waals surface area contributed by atoms with Crippen molar-refractivity contribution in [1.29, 1.82) is 0 Å². The highest BCUT2D eigenvalue weighted by Crippen LogP contribution is 2.44. The number of hydrogen-bond donors (Lipinski definition) is 9. The molecule has 7 aromatic rings. The van der Waals surface area contributed by atoms with E-state index in [4.69, 9.17) is 15.3 Å². The Morgan fingerprint density at radius 2 is 1.45 bits per heavy atom. The van der Waals surface area contributed by atoms with Crippen molar-refractivity contribution < 1.29 is 74.9 Å². The molecule has 7 rings (SSSR count). The summed E-state index contributed by atoms with van der Waals surface area (Å²) in [5.41, 5.74) is 4.49. The van der Waals surface area contributed by atoms with Crippen LogP contribution >= 0.6 is 24.1 Å². The minimum Gasteiger partial charge on any atom is -0.505 e. The van der Waals surface area contributed by atoms with Crippen LogP contribution in [0.2, 0.25) is 0 Å². The summed E-state index contributed by atoms with van der Waals surface area (Å²) in [6.45, 7) is 1.66.